The van der Waals surface area contributed by atoms with Crippen molar-refractivity contribution >= 4 is 28.6 Å². The number of nitrogens with one attached hydrogen (secondary N) is 2. The van der Waals surface area contributed by atoms with Crippen LogP contribution in [0.2, 0.25) is 0 Å². The van der Waals surface area contributed by atoms with Crippen molar-refractivity contribution in [1.82, 2.24) is 0 Å². The van der Waals surface area contributed by atoms with Gasteiger partial charge in [0, 0.05) is 37.3 Å². The molecule has 4 rings (SSSR count). The SMILES string of the molecule is O=C(C[NH+]1CCC[C@@H]1c1cccs1)Nc1ccc(N2CCOCC2)cc1. The fourth-order valence-corrected chi connectivity index (χ4v) is 4.86. The lowest BCUT2D eigenvalue weighted by atomic mass is 10.2. The molecule has 6 heteroatoms. The van der Waals surface area contributed by atoms with Crippen molar-refractivity contribution in [3.8, 4) is 0 Å². The van der Waals surface area contributed by atoms with Crippen molar-refractivity contribution in [3.05, 3.63) is 46.7 Å². The number of carbonyl (C=O) groups is 1. The highest BCUT2D eigenvalue weighted by molar-refractivity contribution is 7.10. The average Bonchev–Trinajstić information content (AvgIpc) is 3.34. The Bertz CT molecular complexity index is 711. The van der Waals surface area contributed by atoms with Crippen LogP contribution in [-0.2, 0) is 9.53 Å². The van der Waals surface area contributed by atoms with Crippen LogP contribution in [0, 0.1) is 0 Å². The van der Waals surface area contributed by atoms with Crippen molar-refractivity contribution in [2.75, 3.05) is 49.6 Å². The van der Waals surface area contributed by atoms with Crippen LogP contribution in [0.1, 0.15) is 23.8 Å². The number of hydrogen-bond donors (Lipinski definition) is 2. The van der Waals surface area contributed by atoms with Crippen LogP contribution in [0.3, 0.4) is 0 Å². The summed E-state index contributed by atoms with van der Waals surface area (Å²) in [5.74, 6) is 0.0996. The Labute approximate surface area is 158 Å². The maximum atomic E-state index is 12.5. The summed E-state index contributed by atoms with van der Waals surface area (Å²) in [6.07, 6.45) is 2.37. The van der Waals surface area contributed by atoms with E-state index in [0.717, 1.165) is 38.5 Å². The minimum absolute atomic E-state index is 0.0996. The first kappa shape index (κ1) is 17.5. The molecule has 3 heterocycles. The number of likely N-dealkylation sites (tertiary alicyclic amines) is 1. The Morgan fingerprint density at radius 3 is 2.77 bits per heavy atom. The standard InChI is InChI=1S/C20H25N3O2S/c24-20(15-23-9-1-3-18(23)19-4-2-14-26-19)21-16-5-7-17(8-6-16)22-10-12-25-13-11-22/h2,4-8,14,18H,1,3,9-13,15H2,(H,21,24)/p+1/t18-/m1/s1. The van der Waals surface area contributed by atoms with E-state index in [1.165, 1.54) is 28.3 Å². The third-order valence-electron chi connectivity index (χ3n) is 5.29. The second kappa shape index (κ2) is 8.20. The van der Waals surface area contributed by atoms with E-state index in [9.17, 15) is 4.79 Å². The zero-order valence-electron chi connectivity index (χ0n) is 14.9. The van der Waals surface area contributed by atoms with E-state index in [0.29, 0.717) is 12.6 Å². The summed E-state index contributed by atoms with van der Waals surface area (Å²) in [6, 6.07) is 12.9. The lowest BCUT2D eigenvalue weighted by Crippen LogP contribution is -3.11. The first-order valence-electron chi connectivity index (χ1n) is 9.40. The van der Waals surface area contributed by atoms with Gasteiger partial charge in [0.25, 0.3) is 5.91 Å². The number of morpholine rings is 1. The number of quaternary nitrogens is 1. The fourth-order valence-electron chi connectivity index (χ4n) is 3.94. The van der Waals surface area contributed by atoms with Gasteiger partial charge in [0.05, 0.1) is 24.6 Å². The Hall–Kier alpha value is -1.89. The Balaban J connectivity index is 1.33. The summed E-state index contributed by atoms with van der Waals surface area (Å²) >= 11 is 1.80. The van der Waals surface area contributed by atoms with E-state index in [2.05, 4.69) is 39.9 Å². The molecule has 1 aromatic heterocycles. The van der Waals surface area contributed by atoms with Crippen molar-refractivity contribution in [2.24, 2.45) is 0 Å². The molecular formula is C20H26N3O2S+. The topological polar surface area (TPSA) is 46.0 Å². The van der Waals surface area contributed by atoms with Crippen LogP contribution in [0.5, 0.6) is 0 Å². The highest BCUT2D eigenvalue weighted by Crippen LogP contribution is 2.23. The molecule has 0 saturated carbocycles. The maximum Gasteiger partial charge on any atom is 0.279 e. The Morgan fingerprint density at radius 2 is 2.04 bits per heavy atom. The summed E-state index contributed by atoms with van der Waals surface area (Å²) in [5, 5.41) is 5.19. The molecular weight excluding hydrogens is 346 g/mol. The summed E-state index contributed by atoms with van der Waals surface area (Å²) < 4.78 is 5.40. The fraction of sp³-hybridized carbons (Fsp3) is 0.450. The van der Waals surface area contributed by atoms with Gasteiger partial charge in [0.1, 0.15) is 6.04 Å². The number of hydrogen-bond acceptors (Lipinski definition) is 4. The molecule has 2 aliphatic heterocycles. The van der Waals surface area contributed by atoms with Crippen molar-refractivity contribution in [2.45, 2.75) is 18.9 Å². The predicted octanol–water partition coefficient (Wildman–Crippen LogP) is 1.94. The molecule has 138 valence electrons. The van der Waals surface area contributed by atoms with Crippen LogP contribution in [0.15, 0.2) is 41.8 Å². The monoisotopic (exact) mass is 372 g/mol. The number of ether oxygens (including phenoxy) is 1. The first-order valence-corrected chi connectivity index (χ1v) is 10.3. The van der Waals surface area contributed by atoms with Gasteiger partial charge in [-0.3, -0.25) is 4.79 Å². The highest BCUT2D eigenvalue weighted by Gasteiger charge is 2.32. The lowest BCUT2D eigenvalue weighted by molar-refractivity contribution is -0.910. The number of amides is 1. The lowest BCUT2D eigenvalue weighted by Gasteiger charge is -2.28. The molecule has 5 nitrogen and oxygen atoms in total. The van der Waals surface area contributed by atoms with Crippen LogP contribution in [-0.4, -0.2) is 45.3 Å². The summed E-state index contributed by atoms with van der Waals surface area (Å²) in [5.41, 5.74) is 2.06. The van der Waals surface area contributed by atoms with Crippen LogP contribution in [0.25, 0.3) is 0 Å². The number of nitrogens with zero attached hydrogens (tertiary/aromatic N) is 1. The molecule has 2 saturated heterocycles. The quantitative estimate of drug-likeness (QED) is 0.843. The van der Waals surface area contributed by atoms with Gasteiger partial charge in [-0.25, -0.2) is 0 Å². The first-order chi connectivity index (χ1) is 12.8. The molecule has 0 radical (unpaired) electrons. The zero-order chi connectivity index (χ0) is 17.8. The third kappa shape index (κ3) is 4.09. The maximum absolute atomic E-state index is 12.5. The molecule has 2 atom stereocenters. The smallest absolute Gasteiger partial charge is 0.279 e. The normalized spacial score (nSPS) is 23.2. The molecule has 2 aliphatic rings. The zero-order valence-corrected chi connectivity index (χ0v) is 15.8. The Morgan fingerprint density at radius 1 is 1.23 bits per heavy atom. The largest absolute Gasteiger partial charge is 0.378 e. The number of thiophene rings is 1. The van der Waals surface area contributed by atoms with E-state index in [1.54, 1.807) is 11.3 Å². The summed E-state index contributed by atoms with van der Waals surface area (Å²) in [7, 11) is 0. The minimum Gasteiger partial charge on any atom is -0.378 e. The molecule has 0 spiro atoms. The molecule has 2 aromatic rings. The van der Waals surface area contributed by atoms with Gasteiger partial charge >= 0.3 is 0 Å². The number of carbonyl (C=O) groups excluding carboxylic acids is 1. The van der Waals surface area contributed by atoms with Gasteiger partial charge in [-0.1, -0.05) is 6.07 Å². The number of rotatable bonds is 5. The molecule has 0 aliphatic carbocycles. The molecule has 2 fully saturated rings. The van der Waals surface area contributed by atoms with Crippen LogP contribution < -0.4 is 15.1 Å². The highest BCUT2D eigenvalue weighted by atomic mass is 32.1. The van der Waals surface area contributed by atoms with E-state index in [-0.39, 0.29) is 5.91 Å². The summed E-state index contributed by atoms with van der Waals surface area (Å²) in [6.45, 7) is 5.02. The average molecular weight is 373 g/mol. The predicted molar refractivity (Wildman–Crippen MR) is 105 cm³/mol. The van der Waals surface area contributed by atoms with Crippen molar-refractivity contribution in [1.29, 1.82) is 0 Å². The second-order valence-corrected chi connectivity index (χ2v) is 7.97. The molecule has 1 unspecified atom stereocenters. The molecule has 1 amide bonds. The Kier molecular flexibility index (Phi) is 5.53. The molecule has 26 heavy (non-hydrogen) atoms. The van der Waals surface area contributed by atoms with Gasteiger partial charge in [-0.05, 0) is 35.7 Å². The minimum atomic E-state index is 0.0996. The van der Waals surface area contributed by atoms with E-state index in [1.807, 2.05) is 12.1 Å². The van der Waals surface area contributed by atoms with Crippen LogP contribution >= 0.6 is 11.3 Å². The van der Waals surface area contributed by atoms with Crippen LogP contribution in [0.4, 0.5) is 11.4 Å². The van der Waals surface area contributed by atoms with Gasteiger partial charge in [0.15, 0.2) is 6.54 Å². The van der Waals surface area contributed by atoms with E-state index < -0.39 is 0 Å². The summed E-state index contributed by atoms with van der Waals surface area (Å²) in [4.78, 5) is 17.6. The third-order valence-corrected chi connectivity index (χ3v) is 6.27. The van der Waals surface area contributed by atoms with Gasteiger partial charge < -0.3 is 19.9 Å². The second-order valence-electron chi connectivity index (χ2n) is 6.99. The van der Waals surface area contributed by atoms with Gasteiger partial charge in [-0.15, -0.1) is 11.3 Å². The number of anilines is 2. The van der Waals surface area contributed by atoms with E-state index >= 15 is 0 Å². The van der Waals surface area contributed by atoms with Crippen molar-refractivity contribution in [3.63, 3.8) is 0 Å². The van der Waals surface area contributed by atoms with Crippen molar-refractivity contribution < 1.29 is 14.4 Å². The van der Waals surface area contributed by atoms with Gasteiger partial charge in [0.2, 0.25) is 0 Å². The molecule has 2 N–H and O–H groups in total. The molecule has 0 bridgehead atoms. The van der Waals surface area contributed by atoms with E-state index in [4.69, 9.17) is 4.74 Å². The number of benzene rings is 1. The van der Waals surface area contributed by atoms with Gasteiger partial charge in [-0.2, -0.15) is 0 Å². The molecule has 1 aromatic carbocycles.